The van der Waals surface area contributed by atoms with Crippen LogP contribution in [0.5, 0.6) is 0 Å². The number of nitrogens with one attached hydrogen (secondary N) is 1. The molecule has 36 heavy (non-hydrogen) atoms. The van der Waals surface area contributed by atoms with Crippen LogP contribution in [0.4, 0.5) is 0 Å². The minimum absolute atomic E-state index is 0.0216. The van der Waals surface area contributed by atoms with Crippen molar-refractivity contribution in [3.63, 3.8) is 0 Å². The molecule has 3 aliphatic rings. The lowest BCUT2D eigenvalue weighted by Crippen LogP contribution is -2.65. The number of aliphatic hydroxyl groups is 8. The minimum atomic E-state index is -1.47. The topological polar surface area (TPSA) is 211 Å². The van der Waals surface area contributed by atoms with E-state index in [0.717, 1.165) is 0 Å². The Kier molecular flexibility index (Phi) is 10.1. The monoisotopic (exact) mass is 523 g/mol. The zero-order chi connectivity index (χ0) is 26.9. The molecule has 0 amide bonds. The molecule has 0 aromatic carbocycles. The van der Waals surface area contributed by atoms with Crippen LogP contribution >= 0.6 is 0 Å². The molecule has 0 spiro atoms. The molecule has 13 heteroatoms. The first-order valence-electron chi connectivity index (χ1n) is 12.2. The largest absolute Gasteiger partial charge is 0.394 e. The molecule has 3 heterocycles. The predicted octanol–water partition coefficient (Wildman–Crippen LogP) is -3.48. The van der Waals surface area contributed by atoms with Gasteiger partial charge in [0, 0.05) is 17.5 Å². The summed E-state index contributed by atoms with van der Waals surface area (Å²) in [5.41, 5.74) is 0.480. The second-order valence-corrected chi connectivity index (χ2v) is 10.1. The Morgan fingerprint density at radius 3 is 2.03 bits per heavy atom. The average Bonchev–Trinajstić information content (AvgIpc) is 2.84. The van der Waals surface area contributed by atoms with Crippen molar-refractivity contribution in [1.82, 2.24) is 5.32 Å². The zero-order valence-electron chi connectivity index (χ0n) is 20.7. The smallest absolute Gasteiger partial charge is 0.184 e. The fourth-order valence-electron chi connectivity index (χ4n) is 5.25. The summed E-state index contributed by atoms with van der Waals surface area (Å²) in [5.74, 6) is -1.48. The molecule has 9 N–H and O–H groups in total. The number of allylic oxidation sites excluding steroid dienone is 1. The van der Waals surface area contributed by atoms with Crippen molar-refractivity contribution in [1.29, 1.82) is 0 Å². The Morgan fingerprint density at radius 2 is 1.44 bits per heavy atom. The molecule has 0 radical (unpaired) electrons. The van der Waals surface area contributed by atoms with Crippen molar-refractivity contribution in [3.05, 3.63) is 12.3 Å². The fourth-order valence-corrected chi connectivity index (χ4v) is 5.25. The van der Waals surface area contributed by atoms with Crippen LogP contribution in [0.2, 0.25) is 0 Å². The molecule has 0 aromatic rings. The minimum Gasteiger partial charge on any atom is -0.394 e. The number of hydrogen-bond donors (Lipinski definition) is 9. The van der Waals surface area contributed by atoms with E-state index < -0.39 is 105 Å². The lowest BCUT2D eigenvalue weighted by atomic mass is 9.79. The van der Waals surface area contributed by atoms with E-state index in [4.69, 9.17) is 18.9 Å². The third-order valence-corrected chi connectivity index (χ3v) is 7.44. The van der Waals surface area contributed by atoms with Crippen LogP contribution in [0.15, 0.2) is 12.3 Å². The summed E-state index contributed by atoms with van der Waals surface area (Å²) in [4.78, 5) is 0. The number of rotatable bonds is 8. The van der Waals surface area contributed by atoms with Gasteiger partial charge in [0.1, 0.15) is 36.6 Å². The van der Waals surface area contributed by atoms with Crippen LogP contribution in [-0.2, 0) is 18.9 Å². The highest BCUT2D eigenvalue weighted by Crippen LogP contribution is 2.37. The molecular formula is C23H41NO12. The first kappa shape index (κ1) is 29.6. The average molecular weight is 524 g/mol. The van der Waals surface area contributed by atoms with E-state index in [2.05, 4.69) is 11.9 Å². The highest BCUT2D eigenvalue weighted by molar-refractivity contribution is 5.02. The maximum atomic E-state index is 10.7. The molecule has 210 valence electrons. The van der Waals surface area contributed by atoms with E-state index in [1.165, 1.54) is 0 Å². The molecule has 3 saturated heterocycles. The van der Waals surface area contributed by atoms with Gasteiger partial charge in [-0.1, -0.05) is 13.5 Å². The third-order valence-electron chi connectivity index (χ3n) is 7.44. The number of ether oxygens (including phenoxy) is 4. The lowest BCUT2D eigenvalue weighted by Gasteiger charge is -2.50. The summed E-state index contributed by atoms with van der Waals surface area (Å²) in [6, 6.07) is -0.872. The molecule has 15 atom stereocenters. The molecule has 0 aromatic heterocycles. The van der Waals surface area contributed by atoms with E-state index in [0.29, 0.717) is 5.70 Å². The van der Waals surface area contributed by atoms with Crippen molar-refractivity contribution < 1.29 is 59.8 Å². The highest BCUT2D eigenvalue weighted by atomic mass is 16.7. The number of aliphatic hydroxyl groups excluding tert-OH is 8. The van der Waals surface area contributed by atoms with E-state index in [1.807, 2.05) is 0 Å². The first-order chi connectivity index (χ1) is 16.9. The third kappa shape index (κ3) is 6.03. The summed E-state index contributed by atoms with van der Waals surface area (Å²) >= 11 is 0. The van der Waals surface area contributed by atoms with E-state index in [-0.39, 0.29) is 6.42 Å². The van der Waals surface area contributed by atoms with Crippen molar-refractivity contribution >= 4 is 0 Å². The van der Waals surface area contributed by atoms with Gasteiger partial charge in [0.2, 0.25) is 0 Å². The second-order valence-electron chi connectivity index (χ2n) is 10.1. The SMILES string of the molecule is C=C(C)NC1[C@H](O)OC(CO)[C@@H](O[C@@H]2OC(CO)[C@H](O)[C@H](C)C2O)[C@@H]1C[C@@H]1OC(C)[C@@H](O)[C@H](O)C1O. The molecule has 0 bridgehead atoms. The van der Waals surface area contributed by atoms with Crippen molar-refractivity contribution in [2.45, 2.75) is 107 Å². The van der Waals surface area contributed by atoms with Crippen LogP contribution in [0.3, 0.4) is 0 Å². The maximum absolute atomic E-state index is 10.7. The first-order valence-corrected chi connectivity index (χ1v) is 12.2. The Morgan fingerprint density at radius 1 is 0.806 bits per heavy atom. The van der Waals surface area contributed by atoms with Crippen molar-refractivity contribution in [2.75, 3.05) is 13.2 Å². The fraction of sp³-hybridized carbons (Fsp3) is 0.913. The molecule has 13 nitrogen and oxygen atoms in total. The molecule has 3 aliphatic heterocycles. The summed E-state index contributed by atoms with van der Waals surface area (Å²) in [7, 11) is 0. The van der Waals surface area contributed by atoms with Crippen molar-refractivity contribution in [2.24, 2.45) is 11.8 Å². The molecule has 0 saturated carbocycles. The van der Waals surface area contributed by atoms with Crippen LogP contribution in [0.1, 0.15) is 27.2 Å². The summed E-state index contributed by atoms with van der Waals surface area (Å²) < 4.78 is 23.1. The quantitative estimate of drug-likeness (QED) is 0.152. The Hall–Kier alpha value is -0.940. The van der Waals surface area contributed by atoms with Gasteiger partial charge >= 0.3 is 0 Å². The van der Waals surface area contributed by atoms with Crippen LogP contribution in [-0.4, -0.2) is 134 Å². The molecule has 3 fully saturated rings. The lowest BCUT2D eigenvalue weighted by molar-refractivity contribution is -0.336. The maximum Gasteiger partial charge on any atom is 0.184 e. The van der Waals surface area contributed by atoms with Crippen LogP contribution < -0.4 is 5.32 Å². The van der Waals surface area contributed by atoms with Gasteiger partial charge in [-0.05, 0) is 20.3 Å². The zero-order valence-corrected chi connectivity index (χ0v) is 20.7. The Labute approximate surface area is 209 Å². The Balaban J connectivity index is 1.92. The molecule has 0 aliphatic carbocycles. The number of hydrogen-bond acceptors (Lipinski definition) is 13. The second kappa shape index (κ2) is 12.3. The van der Waals surface area contributed by atoms with Crippen LogP contribution in [0, 0.1) is 11.8 Å². The molecule has 3 rings (SSSR count). The van der Waals surface area contributed by atoms with Crippen LogP contribution in [0.25, 0.3) is 0 Å². The summed E-state index contributed by atoms with van der Waals surface area (Å²) in [5, 5.41) is 85.4. The van der Waals surface area contributed by atoms with E-state index in [1.54, 1.807) is 20.8 Å². The highest BCUT2D eigenvalue weighted by Gasteiger charge is 2.52. The standard InChI is InChI=1S/C23H41NO12/c1-8(2)24-15-11(5-12-19(30)20(31)18(29)10(4)33-12)21(14(7-26)34-22(15)32)36-23-17(28)9(3)16(27)13(6-25)35-23/h9-32H,1,5-7H2,2-4H3/t9-,10?,11+,12-,13?,14?,15?,16+,17?,18+,19?,20-,21-,22+,23-/m0/s1. The Bertz CT molecular complexity index is 727. The summed E-state index contributed by atoms with van der Waals surface area (Å²) in [6.07, 6.45) is -14.4. The van der Waals surface area contributed by atoms with E-state index >= 15 is 0 Å². The van der Waals surface area contributed by atoms with Gasteiger partial charge in [-0.2, -0.15) is 0 Å². The van der Waals surface area contributed by atoms with Crippen molar-refractivity contribution in [3.8, 4) is 0 Å². The molecule has 6 unspecified atom stereocenters. The van der Waals surface area contributed by atoms with Gasteiger partial charge in [-0.25, -0.2) is 0 Å². The van der Waals surface area contributed by atoms with Gasteiger partial charge in [-0.3, -0.25) is 0 Å². The predicted molar refractivity (Wildman–Crippen MR) is 122 cm³/mol. The van der Waals surface area contributed by atoms with E-state index in [9.17, 15) is 40.9 Å². The summed E-state index contributed by atoms with van der Waals surface area (Å²) in [6.45, 7) is 7.49. The van der Waals surface area contributed by atoms with Gasteiger partial charge in [0.05, 0.1) is 43.7 Å². The van der Waals surface area contributed by atoms with Gasteiger partial charge in [0.15, 0.2) is 12.6 Å². The van der Waals surface area contributed by atoms with Gasteiger partial charge < -0.3 is 65.1 Å². The molecular weight excluding hydrogens is 482 g/mol. The normalized spacial score (nSPS) is 50.0. The van der Waals surface area contributed by atoms with Gasteiger partial charge in [0.25, 0.3) is 0 Å². The van der Waals surface area contributed by atoms with Gasteiger partial charge in [-0.15, -0.1) is 0 Å².